The molecule has 0 atom stereocenters. The smallest absolute Gasteiger partial charge is 0.273 e. The van der Waals surface area contributed by atoms with E-state index in [0.717, 1.165) is 38.9 Å². The van der Waals surface area contributed by atoms with Gasteiger partial charge in [-0.05, 0) is 25.3 Å². The lowest BCUT2D eigenvalue weighted by atomic mass is 10.1. The maximum absolute atomic E-state index is 10.6. The first-order chi connectivity index (χ1) is 9.65. The molecule has 1 aromatic rings. The van der Waals surface area contributed by atoms with Crippen LogP contribution in [0.25, 0.3) is 0 Å². The monoisotopic (exact) mass is 280 g/mol. The van der Waals surface area contributed by atoms with Gasteiger partial charge in [0, 0.05) is 25.7 Å². The maximum Gasteiger partial charge on any atom is 0.273 e. The van der Waals surface area contributed by atoms with Crippen LogP contribution in [0.1, 0.15) is 19.3 Å². The number of piperidine rings is 1. The first-order valence-electron chi connectivity index (χ1n) is 6.93. The molecule has 0 unspecified atom stereocenters. The number of hydrogen-bond donors (Lipinski definition) is 1. The van der Waals surface area contributed by atoms with Gasteiger partial charge in [0.05, 0.1) is 23.7 Å². The number of aliphatic hydroxyl groups is 1. The molecular formula is C14H20N2O4. The minimum absolute atomic E-state index is 0.0486. The second-order valence-electron chi connectivity index (χ2n) is 5.03. The third-order valence-corrected chi connectivity index (χ3v) is 3.47. The Kier molecular flexibility index (Phi) is 5.31. The Morgan fingerprint density at radius 2 is 2.15 bits per heavy atom. The van der Waals surface area contributed by atoms with Crippen LogP contribution in [0.15, 0.2) is 24.3 Å². The van der Waals surface area contributed by atoms with E-state index in [-0.39, 0.29) is 11.8 Å². The molecule has 0 spiro atoms. The zero-order valence-electron chi connectivity index (χ0n) is 11.4. The van der Waals surface area contributed by atoms with E-state index in [0.29, 0.717) is 12.4 Å². The summed E-state index contributed by atoms with van der Waals surface area (Å²) in [6, 6.07) is 6.24. The Hall–Kier alpha value is -1.66. The number of non-ortho nitro benzene ring substituents is 1. The Morgan fingerprint density at radius 1 is 1.40 bits per heavy atom. The molecular weight excluding hydrogens is 260 g/mol. The van der Waals surface area contributed by atoms with Crippen molar-refractivity contribution < 1.29 is 14.8 Å². The number of nitrogens with zero attached hydrogens (tertiary/aromatic N) is 2. The lowest BCUT2D eigenvalue weighted by molar-refractivity contribution is -0.384. The summed E-state index contributed by atoms with van der Waals surface area (Å²) in [5, 5.41) is 20.1. The highest BCUT2D eigenvalue weighted by molar-refractivity contribution is 5.37. The van der Waals surface area contributed by atoms with Gasteiger partial charge in [0.15, 0.2) is 0 Å². The van der Waals surface area contributed by atoms with Crippen LogP contribution in [0.5, 0.6) is 5.75 Å². The van der Waals surface area contributed by atoms with Crippen molar-refractivity contribution in [2.75, 3.05) is 26.2 Å². The van der Waals surface area contributed by atoms with Crippen molar-refractivity contribution in [1.82, 2.24) is 4.90 Å². The van der Waals surface area contributed by atoms with E-state index < -0.39 is 4.92 Å². The van der Waals surface area contributed by atoms with Crippen LogP contribution < -0.4 is 4.74 Å². The minimum atomic E-state index is -0.425. The summed E-state index contributed by atoms with van der Waals surface area (Å²) in [6.45, 7) is 3.33. The average molecular weight is 280 g/mol. The topological polar surface area (TPSA) is 75.8 Å². The van der Waals surface area contributed by atoms with Crippen LogP contribution in [0.3, 0.4) is 0 Å². The molecule has 1 N–H and O–H groups in total. The Labute approximate surface area is 118 Å². The van der Waals surface area contributed by atoms with E-state index in [2.05, 4.69) is 4.90 Å². The Bertz CT molecular complexity index is 445. The summed E-state index contributed by atoms with van der Waals surface area (Å²) >= 11 is 0. The van der Waals surface area contributed by atoms with Gasteiger partial charge in [-0.3, -0.25) is 10.1 Å². The number of rotatable bonds is 6. The molecule has 0 aliphatic carbocycles. The van der Waals surface area contributed by atoms with Crippen LogP contribution in [-0.2, 0) is 0 Å². The lowest BCUT2D eigenvalue weighted by Gasteiger charge is -2.29. The summed E-state index contributed by atoms with van der Waals surface area (Å²) in [5.41, 5.74) is 0.0486. The van der Waals surface area contributed by atoms with Crippen molar-refractivity contribution in [3.8, 4) is 5.75 Å². The number of benzene rings is 1. The zero-order chi connectivity index (χ0) is 14.4. The van der Waals surface area contributed by atoms with Gasteiger partial charge in [0.25, 0.3) is 5.69 Å². The summed E-state index contributed by atoms with van der Waals surface area (Å²) in [5.74, 6) is 0.535. The fourth-order valence-corrected chi connectivity index (χ4v) is 2.31. The number of ether oxygens (including phenoxy) is 1. The van der Waals surface area contributed by atoms with Crippen LogP contribution in [0.2, 0.25) is 0 Å². The minimum Gasteiger partial charge on any atom is -0.493 e. The molecule has 110 valence electrons. The maximum atomic E-state index is 10.6. The third-order valence-electron chi connectivity index (χ3n) is 3.47. The van der Waals surface area contributed by atoms with Crippen LogP contribution in [0.4, 0.5) is 5.69 Å². The fourth-order valence-electron chi connectivity index (χ4n) is 2.31. The number of likely N-dealkylation sites (tertiary alicyclic amines) is 1. The summed E-state index contributed by atoms with van der Waals surface area (Å²) in [4.78, 5) is 12.5. The molecule has 1 aromatic carbocycles. The average Bonchev–Trinajstić information content (AvgIpc) is 2.46. The normalized spacial score (nSPS) is 17.1. The van der Waals surface area contributed by atoms with E-state index in [1.54, 1.807) is 12.1 Å². The highest BCUT2D eigenvalue weighted by atomic mass is 16.6. The fraction of sp³-hybridized carbons (Fsp3) is 0.571. The first-order valence-corrected chi connectivity index (χ1v) is 6.93. The van der Waals surface area contributed by atoms with Crippen molar-refractivity contribution in [3.05, 3.63) is 34.4 Å². The van der Waals surface area contributed by atoms with Gasteiger partial charge >= 0.3 is 0 Å². The number of aliphatic hydroxyl groups excluding tert-OH is 1. The molecule has 1 saturated heterocycles. The van der Waals surface area contributed by atoms with Gasteiger partial charge in [0.2, 0.25) is 0 Å². The van der Waals surface area contributed by atoms with Crippen LogP contribution in [-0.4, -0.2) is 47.3 Å². The molecule has 2 rings (SSSR count). The molecule has 1 aliphatic rings. The van der Waals surface area contributed by atoms with E-state index in [4.69, 9.17) is 4.74 Å². The largest absolute Gasteiger partial charge is 0.493 e. The Morgan fingerprint density at radius 3 is 2.85 bits per heavy atom. The second-order valence-corrected chi connectivity index (χ2v) is 5.03. The molecule has 20 heavy (non-hydrogen) atoms. The van der Waals surface area contributed by atoms with Gasteiger partial charge in [-0.15, -0.1) is 0 Å². The van der Waals surface area contributed by atoms with Crippen molar-refractivity contribution in [3.63, 3.8) is 0 Å². The lowest BCUT2D eigenvalue weighted by Crippen LogP contribution is -2.36. The summed E-state index contributed by atoms with van der Waals surface area (Å²) in [6.07, 6.45) is 2.41. The van der Waals surface area contributed by atoms with E-state index in [9.17, 15) is 15.2 Å². The van der Waals surface area contributed by atoms with Gasteiger partial charge in [-0.2, -0.15) is 0 Å². The van der Waals surface area contributed by atoms with Crippen molar-refractivity contribution in [2.24, 2.45) is 0 Å². The molecule has 0 amide bonds. The van der Waals surface area contributed by atoms with E-state index in [1.165, 1.54) is 12.1 Å². The van der Waals surface area contributed by atoms with Crippen LogP contribution >= 0.6 is 0 Å². The summed E-state index contributed by atoms with van der Waals surface area (Å²) < 4.78 is 5.53. The van der Waals surface area contributed by atoms with Gasteiger partial charge in [-0.1, -0.05) is 6.07 Å². The number of nitro groups is 1. The summed E-state index contributed by atoms with van der Waals surface area (Å²) in [7, 11) is 0. The molecule has 0 radical (unpaired) electrons. The molecule has 0 saturated carbocycles. The van der Waals surface area contributed by atoms with Crippen molar-refractivity contribution in [1.29, 1.82) is 0 Å². The number of hydrogen-bond acceptors (Lipinski definition) is 5. The second kappa shape index (κ2) is 7.21. The predicted molar refractivity (Wildman–Crippen MR) is 74.9 cm³/mol. The van der Waals surface area contributed by atoms with Crippen LogP contribution in [0, 0.1) is 10.1 Å². The zero-order valence-corrected chi connectivity index (χ0v) is 11.4. The quantitative estimate of drug-likeness (QED) is 0.488. The molecule has 1 heterocycles. The van der Waals surface area contributed by atoms with Gasteiger partial charge in [-0.25, -0.2) is 0 Å². The Balaban J connectivity index is 1.68. The molecule has 0 bridgehead atoms. The van der Waals surface area contributed by atoms with E-state index in [1.807, 2.05) is 0 Å². The SMILES string of the molecule is O=[N+]([O-])c1cccc(OCCCN2CCC(O)CC2)c1. The van der Waals surface area contributed by atoms with Crippen molar-refractivity contribution in [2.45, 2.75) is 25.4 Å². The highest BCUT2D eigenvalue weighted by Crippen LogP contribution is 2.19. The van der Waals surface area contributed by atoms with Gasteiger partial charge < -0.3 is 14.7 Å². The van der Waals surface area contributed by atoms with Gasteiger partial charge in [0.1, 0.15) is 5.75 Å². The molecule has 6 heteroatoms. The first kappa shape index (κ1) is 14.7. The molecule has 0 aromatic heterocycles. The molecule has 1 fully saturated rings. The predicted octanol–water partition coefficient (Wildman–Crippen LogP) is 1.82. The van der Waals surface area contributed by atoms with E-state index >= 15 is 0 Å². The highest BCUT2D eigenvalue weighted by Gasteiger charge is 2.16. The standard InChI is InChI=1S/C14H20N2O4/c17-13-5-8-15(9-6-13)7-2-10-20-14-4-1-3-12(11-14)16(18)19/h1,3-4,11,13,17H,2,5-10H2. The molecule has 1 aliphatic heterocycles. The third kappa shape index (κ3) is 4.47. The van der Waals surface area contributed by atoms with Crippen molar-refractivity contribution >= 4 is 5.69 Å². The molecule has 6 nitrogen and oxygen atoms in total. The number of nitro benzene ring substituents is 1.